The maximum atomic E-state index is 6.24. The van der Waals surface area contributed by atoms with Gasteiger partial charge in [-0.3, -0.25) is 4.99 Å². The fourth-order valence-electron chi connectivity index (χ4n) is 4.77. The SMILES string of the molecule is CCNC(=NCCCOC1CCCc2ccccc21)N1CCOC(C2CCCO2)C1.I. The summed E-state index contributed by atoms with van der Waals surface area (Å²) >= 11 is 0. The standard InChI is InChI=1S/C24H37N3O3.HI/c1-2-25-24(27-14-17-30-23(18-27)22-12-6-15-29-22)26-13-7-16-28-21-11-5-9-19-8-3-4-10-20(19)21;/h3-4,8,10,21-23H,2,5-7,9,11-18H2,1H3,(H,25,26);1H. The molecule has 1 aromatic rings. The van der Waals surface area contributed by atoms with Crippen molar-refractivity contribution in [2.45, 2.75) is 63.8 Å². The second-order valence-corrected chi connectivity index (χ2v) is 8.45. The number of benzene rings is 1. The van der Waals surface area contributed by atoms with E-state index in [0.717, 1.165) is 77.6 Å². The zero-order valence-electron chi connectivity index (χ0n) is 18.8. The molecule has 31 heavy (non-hydrogen) atoms. The second-order valence-electron chi connectivity index (χ2n) is 8.45. The van der Waals surface area contributed by atoms with Crippen LogP contribution < -0.4 is 5.32 Å². The Kier molecular flexibility index (Phi) is 10.3. The molecule has 2 fully saturated rings. The molecule has 0 aromatic heterocycles. The highest BCUT2D eigenvalue weighted by molar-refractivity contribution is 14.0. The van der Waals surface area contributed by atoms with Crippen LogP contribution in [0.2, 0.25) is 0 Å². The van der Waals surface area contributed by atoms with Crippen molar-refractivity contribution in [1.29, 1.82) is 0 Å². The van der Waals surface area contributed by atoms with Gasteiger partial charge in [0.25, 0.3) is 0 Å². The lowest BCUT2D eigenvalue weighted by atomic mass is 9.89. The Bertz CT molecular complexity index is 696. The van der Waals surface area contributed by atoms with Crippen molar-refractivity contribution in [2.75, 3.05) is 46.0 Å². The van der Waals surface area contributed by atoms with E-state index in [1.807, 2.05) is 0 Å². The number of nitrogens with one attached hydrogen (secondary N) is 1. The van der Waals surface area contributed by atoms with Crippen LogP contribution in [0.25, 0.3) is 0 Å². The van der Waals surface area contributed by atoms with Crippen molar-refractivity contribution in [1.82, 2.24) is 10.2 Å². The zero-order valence-corrected chi connectivity index (χ0v) is 21.1. The molecule has 3 atom stereocenters. The highest BCUT2D eigenvalue weighted by Crippen LogP contribution is 2.32. The van der Waals surface area contributed by atoms with Crippen LogP contribution in [0.3, 0.4) is 0 Å². The number of morpholine rings is 1. The highest BCUT2D eigenvalue weighted by Gasteiger charge is 2.32. The van der Waals surface area contributed by atoms with Crippen LogP contribution >= 0.6 is 24.0 Å². The van der Waals surface area contributed by atoms with Gasteiger partial charge in [-0.25, -0.2) is 0 Å². The molecule has 0 amide bonds. The topological polar surface area (TPSA) is 55.3 Å². The Morgan fingerprint density at radius 2 is 2.03 bits per heavy atom. The summed E-state index contributed by atoms with van der Waals surface area (Å²) in [6, 6.07) is 8.72. The van der Waals surface area contributed by atoms with Crippen LogP contribution in [0.4, 0.5) is 0 Å². The number of hydrogen-bond acceptors (Lipinski definition) is 4. The van der Waals surface area contributed by atoms with Crippen molar-refractivity contribution in [3.05, 3.63) is 35.4 Å². The van der Waals surface area contributed by atoms with Crippen LogP contribution in [-0.4, -0.2) is 69.1 Å². The third-order valence-corrected chi connectivity index (χ3v) is 6.30. The largest absolute Gasteiger partial charge is 0.375 e. The molecule has 3 unspecified atom stereocenters. The molecule has 2 saturated heterocycles. The number of fused-ring (bicyclic) bond motifs is 1. The molecular formula is C24H38IN3O3. The number of nitrogens with zero attached hydrogens (tertiary/aromatic N) is 2. The molecule has 1 aliphatic carbocycles. The lowest BCUT2D eigenvalue weighted by Gasteiger charge is -2.37. The first-order valence-corrected chi connectivity index (χ1v) is 11.8. The third kappa shape index (κ3) is 6.79. The maximum absolute atomic E-state index is 6.24. The highest BCUT2D eigenvalue weighted by atomic mass is 127. The summed E-state index contributed by atoms with van der Waals surface area (Å²) in [6.07, 6.45) is 7.35. The van der Waals surface area contributed by atoms with Gasteiger partial charge in [0.1, 0.15) is 6.10 Å². The Morgan fingerprint density at radius 3 is 2.87 bits per heavy atom. The van der Waals surface area contributed by atoms with Crippen LogP contribution in [0.5, 0.6) is 0 Å². The number of ether oxygens (including phenoxy) is 3. The van der Waals surface area contributed by atoms with Gasteiger partial charge in [-0.2, -0.15) is 0 Å². The number of aryl methyl sites for hydroxylation is 1. The first kappa shape index (κ1) is 24.7. The minimum absolute atomic E-state index is 0. The number of guanidine groups is 1. The van der Waals surface area contributed by atoms with Crippen molar-refractivity contribution in [2.24, 2.45) is 4.99 Å². The van der Waals surface area contributed by atoms with Crippen LogP contribution in [-0.2, 0) is 20.6 Å². The molecule has 2 heterocycles. The fourth-order valence-corrected chi connectivity index (χ4v) is 4.77. The van der Waals surface area contributed by atoms with Crippen molar-refractivity contribution in [3.8, 4) is 0 Å². The molecule has 4 rings (SSSR count). The van der Waals surface area contributed by atoms with Gasteiger partial charge < -0.3 is 24.4 Å². The molecular weight excluding hydrogens is 505 g/mol. The second kappa shape index (κ2) is 13.0. The van der Waals surface area contributed by atoms with Gasteiger partial charge in [-0.15, -0.1) is 24.0 Å². The minimum Gasteiger partial charge on any atom is -0.375 e. The molecule has 7 heteroatoms. The van der Waals surface area contributed by atoms with E-state index in [9.17, 15) is 0 Å². The van der Waals surface area contributed by atoms with E-state index in [1.54, 1.807) is 0 Å². The van der Waals surface area contributed by atoms with Gasteiger partial charge in [0.15, 0.2) is 5.96 Å². The maximum Gasteiger partial charge on any atom is 0.194 e. The monoisotopic (exact) mass is 543 g/mol. The molecule has 174 valence electrons. The molecule has 1 aromatic carbocycles. The molecule has 6 nitrogen and oxygen atoms in total. The fraction of sp³-hybridized carbons (Fsp3) is 0.708. The molecule has 1 N–H and O–H groups in total. The van der Waals surface area contributed by atoms with Crippen molar-refractivity contribution < 1.29 is 14.2 Å². The summed E-state index contributed by atoms with van der Waals surface area (Å²) in [4.78, 5) is 7.21. The molecule has 0 bridgehead atoms. The van der Waals surface area contributed by atoms with E-state index >= 15 is 0 Å². The third-order valence-electron chi connectivity index (χ3n) is 6.30. The molecule has 0 radical (unpaired) electrons. The van der Waals surface area contributed by atoms with E-state index in [0.29, 0.717) is 0 Å². The lowest BCUT2D eigenvalue weighted by molar-refractivity contribution is -0.0817. The zero-order chi connectivity index (χ0) is 20.6. The number of halogens is 1. The minimum atomic E-state index is 0. The van der Waals surface area contributed by atoms with Gasteiger partial charge in [-0.1, -0.05) is 24.3 Å². The summed E-state index contributed by atoms with van der Waals surface area (Å²) in [7, 11) is 0. The van der Waals surface area contributed by atoms with E-state index in [4.69, 9.17) is 19.2 Å². The van der Waals surface area contributed by atoms with E-state index in [-0.39, 0.29) is 42.3 Å². The van der Waals surface area contributed by atoms with Crippen LogP contribution in [0, 0.1) is 0 Å². The predicted octanol–water partition coefficient (Wildman–Crippen LogP) is 3.93. The number of aliphatic imine (C=N–C) groups is 1. The molecule has 3 aliphatic rings. The first-order chi connectivity index (χ1) is 14.8. The van der Waals surface area contributed by atoms with Crippen LogP contribution in [0.1, 0.15) is 56.3 Å². The molecule has 2 aliphatic heterocycles. The average Bonchev–Trinajstić information content (AvgIpc) is 3.33. The summed E-state index contributed by atoms with van der Waals surface area (Å²) in [5.41, 5.74) is 2.84. The Morgan fingerprint density at radius 1 is 1.16 bits per heavy atom. The van der Waals surface area contributed by atoms with Gasteiger partial charge in [0, 0.05) is 39.4 Å². The summed E-state index contributed by atoms with van der Waals surface area (Å²) in [5.74, 6) is 0.992. The summed E-state index contributed by atoms with van der Waals surface area (Å²) in [5, 5.41) is 3.46. The quantitative estimate of drug-likeness (QED) is 0.245. The average molecular weight is 543 g/mol. The van der Waals surface area contributed by atoms with Gasteiger partial charge >= 0.3 is 0 Å². The Labute approximate surface area is 204 Å². The molecule has 0 saturated carbocycles. The number of rotatable bonds is 7. The lowest BCUT2D eigenvalue weighted by Crippen LogP contribution is -2.53. The summed E-state index contributed by atoms with van der Waals surface area (Å²) < 4.78 is 18.1. The van der Waals surface area contributed by atoms with Crippen molar-refractivity contribution >= 4 is 29.9 Å². The summed E-state index contributed by atoms with van der Waals surface area (Å²) in [6.45, 7) is 7.86. The van der Waals surface area contributed by atoms with E-state index in [1.165, 1.54) is 24.0 Å². The van der Waals surface area contributed by atoms with E-state index < -0.39 is 0 Å². The van der Waals surface area contributed by atoms with Crippen LogP contribution in [0.15, 0.2) is 29.3 Å². The number of hydrogen-bond donors (Lipinski definition) is 1. The van der Waals surface area contributed by atoms with Gasteiger partial charge in [0.05, 0.1) is 18.8 Å². The molecule has 0 spiro atoms. The first-order valence-electron chi connectivity index (χ1n) is 11.8. The van der Waals surface area contributed by atoms with Crippen molar-refractivity contribution in [3.63, 3.8) is 0 Å². The predicted molar refractivity (Wildman–Crippen MR) is 134 cm³/mol. The van der Waals surface area contributed by atoms with Gasteiger partial charge in [0.2, 0.25) is 0 Å². The van der Waals surface area contributed by atoms with Gasteiger partial charge in [-0.05, 0) is 56.6 Å². The normalized spacial score (nSPS) is 26.3. The van der Waals surface area contributed by atoms with E-state index in [2.05, 4.69) is 41.4 Å². The Balaban J connectivity index is 0.00000272. The Hall–Kier alpha value is -0.900. The smallest absolute Gasteiger partial charge is 0.194 e.